The van der Waals surface area contributed by atoms with Gasteiger partial charge in [0.2, 0.25) is 0 Å². The molecule has 0 aliphatic heterocycles. The molecule has 2 aromatic heterocycles. The second kappa shape index (κ2) is 5.33. The summed E-state index contributed by atoms with van der Waals surface area (Å²) in [5.41, 5.74) is 11.0. The van der Waals surface area contributed by atoms with Crippen LogP contribution in [0.5, 0.6) is 0 Å². The Balaban J connectivity index is 2.07. The van der Waals surface area contributed by atoms with Crippen molar-refractivity contribution in [1.82, 2.24) is 14.8 Å². The van der Waals surface area contributed by atoms with Crippen LogP contribution in [0.2, 0.25) is 0 Å². The lowest BCUT2D eigenvalue weighted by atomic mass is 10.0. The molecule has 2 N–H and O–H groups in total. The van der Waals surface area contributed by atoms with Gasteiger partial charge in [-0.15, -0.1) is 0 Å². The van der Waals surface area contributed by atoms with Crippen molar-refractivity contribution in [3.05, 3.63) is 58.3 Å². The molecular weight excluding hydrogens is 328 g/mol. The fourth-order valence-corrected chi connectivity index (χ4v) is 2.58. The minimum atomic E-state index is 0.643. The summed E-state index contributed by atoms with van der Waals surface area (Å²) in [7, 11) is 0. The molecule has 106 valence electrons. The van der Waals surface area contributed by atoms with Gasteiger partial charge in [0.25, 0.3) is 0 Å². The van der Waals surface area contributed by atoms with Crippen molar-refractivity contribution in [2.24, 2.45) is 0 Å². The molecule has 21 heavy (non-hydrogen) atoms. The average molecular weight is 343 g/mol. The third-order valence-corrected chi connectivity index (χ3v) is 3.65. The van der Waals surface area contributed by atoms with Gasteiger partial charge in [-0.05, 0) is 54.0 Å². The molecule has 3 aromatic rings. The summed E-state index contributed by atoms with van der Waals surface area (Å²) in [6.45, 7) is 4.14. The maximum absolute atomic E-state index is 6.12. The zero-order valence-corrected chi connectivity index (χ0v) is 13.4. The topological polar surface area (TPSA) is 56.7 Å². The van der Waals surface area contributed by atoms with Crippen LogP contribution in [0.4, 0.5) is 5.69 Å². The lowest BCUT2D eigenvalue weighted by Crippen LogP contribution is -1.97. The van der Waals surface area contributed by atoms with Crippen LogP contribution in [-0.2, 0) is 0 Å². The van der Waals surface area contributed by atoms with Crippen molar-refractivity contribution >= 4 is 21.6 Å². The number of aryl methyl sites for hydroxylation is 2. The highest BCUT2D eigenvalue weighted by molar-refractivity contribution is 9.10. The zero-order valence-electron chi connectivity index (χ0n) is 11.8. The van der Waals surface area contributed by atoms with Crippen LogP contribution in [0.25, 0.3) is 17.1 Å². The number of benzene rings is 1. The molecule has 3 rings (SSSR count). The van der Waals surface area contributed by atoms with Gasteiger partial charge in [0.1, 0.15) is 5.69 Å². The van der Waals surface area contributed by atoms with E-state index in [1.807, 2.05) is 12.1 Å². The first kappa shape index (κ1) is 13.8. The third kappa shape index (κ3) is 2.83. The monoisotopic (exact) mass is 342 g/mol. The van der Waals surface area contributed by atoms with E-state index in [2.05, 4.69) is 58.1 Å². The van der Waals surface area contributed by atoms with Crippen LogP contribution < -0.4 is 5.73 Å². The van der Waals surface area contributed by atoms with E-state index in [-0.39, 0.29) is 0 Å². The highest BCUT2D eigenvalue weighted by Crippen LogP contribution is 2.27. The smallest absolute Gasteiger partial charge is 0.153 e. The number of anilines is 1. The van der Waals surface area contributed by atoms with E-state index >= 15 is 0 Å². The molecule has 2 heterocycles. The fraction of sp³-hybridized carbons (Fsp3) is 0.125. The largest absolute Gasteiger partial charge is 0.396 e. The number of pyridine rings is 1. The number of rotatable bonds is 2. The first-order chi connectivity index (χ1) is 10.0. The highest BCUT2D eigenvalue weighted by atomic mass is 79.9. The van der Waals surface area contributed by atoms with Crippen molar-refractivity contribution in [2.45, 2.75) is 13.8 Å². The first-order valence-corrected chi connectivity index (χ1v) is 7.38. The van der Waals surface area contributed by atoms with E-state index in [0.29, 0.717) is 5.69 Å². The van der Waals surface area contributed by atoms with Crippen molar-refractivity contribution in [3.63, 3.8) is 0 Å². The Kier molecular flexibility index (Phi) is 3.51. The molecule has 0 unspecified atom stereocenters. The number of hydrogen-bond acceptors (Lipinski definition) is 3. The quantitative estimate of drug-likeness (QED) is 0.768. The Labute approximate surface area is 131 Å². The predicted molar refractivity (Wildman–Crippen MR) is 88.4 cm³/mol. The Morgan fingerprint density at radius 3 is 2.43 bits per heavy atom. The molecule has 4 nitrogen and oxygen atoms in total. The molecule has 1 aromatic carbocycles. The summed E-state index contributed by atoms with van der Waals surface area (Å²) in [6.07, 6.45) is 3.53. The summed E-state index contributed by atoms with van der Waals surface area (Å²) in [5, 5.41) is 4.58. The first-order valence-electron chi connectivity index (χ1n) is 6.58. The molecule has 5 heteroatoms. The van der Waals surface area contributed by atoms with Crippen molar-refractivity contribution in [1.29, 1.82) is 0 Å². The number of halogens is 1. The second-order valence-electron chi connectivity index (χ2n) is 5.09. The summed E-state index contributed by atoms with van der Waals surface area (Å²) >= 11 is 3.37. The zero-order chi connectivity index (χ0) is 15.0. The van der Waals surface area contributed by atoms with Crippen LogP contribution >= 0.6 is 15.9 Å². The summed E-state index contributed by atoms with van der Waals surface area (Å²) in [4.78, 5) is 4.33. The van der Waals surface area contributed by atoms with Gasteiger partial charge in [0, 0.05) is 16.2 Å². The van der Waals surface area contributed by atoms with Gasteiger partial charge in [-0.1, -0.05) is 17.2 Å². The number of nitrogens with zero attached hydrogens (tertiary/aromatic N) is 3. The van der Waals surface area contributed by atoms with Gasteiger partial charge in [-0.25, -0.2) is 9.67 Å². The van der Waals surface area contributed by atoms with Crippen LogP contribution in [0.1, 0.15) is 11.1 Å². The van der Waals surface area contributed by atoms with Gasteiger partial charge in [-0.3, -0.25) is 0 Å². The Bertz CT molecular complexity index is 770. The number of aromatic nitrogens is 3. The molecule has 0 aliphatic carbocycles. The average Bonchev–Trinajstić information content (AvgIpc) is 2.80. The molecule has 0 radical (unpaired) electrons. The van der Waals surface area contributed by atoms with E-state index < -0.39 is 0 Å². The Morgan fingerprint density at radius 2 is 1.81 bits per heavy atom. The summed E-state index contributed by atoms with van der Waals surface area (Å²) in [5.74, 6) is 0.737. The molecule has 0 bridgehead atoms. The molecular formula is C16H15BrN4. The van der Waals surface area contributed by atoms with Gasteiger partial charge in [0.05, 0.1) is 11.9 Å². The molecule has 0 fully saturated rings. The van der Waals surface area contributed by atoms with Gasteiger partial charge >= 0.3 is 0 Å². The SMILES string of the molecule is Cc1cc(C)cc(-c2nn(-c3ccc(Br)cn3)cc2N)c1. The fourth-order valence-electron chi connectivity index (χ4n) is 2.34. The van der Waals surface area contributed by atoms with Crippen LogP contribution in [0.3, 0.4) is 0 Å². The van der Waals surface area contributed by atoms with E-state index in [0.717, 1.165) is 21.5 Å². The number of nitrogen functional groups attached to an aromatic ring is 1. The molecule has 0 saturated carbocycles. The van der Waals surface area contributed by atoms with Gasteiger partial charge in [0.15, 0.2) is 5.82 Å². The standard InChI is InChI=1S/C16H15BrN4/c1-10-5-11(2)7-12(6-10)16-14(18)9-21(20-16)15-4-3-13(17)8-19-15/h3-9H,18H2,1-2H3. The normalized spacial score (nSPS) is 10.8. The highest BCUT2D eigenvalue weighted by Gasteiger charge is 2.11. The molecule has 0 saturated heterocycles. The second-order valence-corrected chi connectivity index (χ2v) is 6.00. The molecule has 0 atom stereocenters. The Hall–Kier alpha value is -2.14. The Morgan fingerprint density at radius 1 is 1.10 bits per heavy atom. The van der Waals surface area contributed by atoms with E-state index in [9.17, 15) is 0 Å². The van der Waals surface area contributed by atoms with E-state index in [1.165, 1.54) is 11.1 Å². The predicted octanol–water partition coefficient (Wildman–Crippen LogP) is 3.90. The number of hydrogen-bond donors (Lipinski definition) is 1. The van der Waals surface area contributed by atoms with Gasteiger partial charge < -0.3 is 5.73 Å². The van der Waals surface area contributed by atoms with E-state index in [4.69, 9.17) is 5.73 Å². The van der Waals surface area contributed by atoms with E-state index in [1.54, 1.807) is 17.1 Å². The van der Waals surface area contributed by atoms with Crippen molar-refractivity contribution in [3.8, 4) is 17.1 Å². The molecule has 0 spiro atoms. The summed E-state index contributed by atoms with van der Waals surface area (Å²) in [6, 6.07) is 10.1. The third-order valence-electron chi connectivity index (χ3n) is 3.18. The maximum atomic E-state index is 6.12. The molecule has 0 amide bonds. The summed E-state index contributed by atoms with van der Waals surface area (Å²) < 4.78 is 2.63. The minimum absolute atomic E-state index is 0.643. The van der Waals surface area contributed by atoms with Crippen molar-refractivity contribution in [2.75, 3.05) is 5.73 Å². The van der Waals surface area contributed by atoms with Crippen LogP contribution in [0, 0.1) is 13.8 Å². The van der Waals surface area contributed by atoms with Crippen LogP contribution in [0.15, 0.2) is 47.2 Å². The number of nitrogens with two attached hydrogens (primary N) is 1. The van der Waals surface area contributed by atoms with Crippen LogP contribution in [-0.4, -0.2) is 14.8 Å². The molecule has 0 aliphatic rings. The minimum Gasteiger partial charge on any atom is -0.396 e. The van der Waals surface area contributed by atoms with Gasteiger partial charge in [-0.2, -0.15) is 5.10 Å². The maximum Gasteiger partial charge on any atom is 0.153 e. The lowest BCUT2D eigenvalue weighted by Gasteiger charge is -2.03. The van der Waals surface area contributed by atoms with Crippen molar-refractivity contribution < 1.29 is 0 Å². The lowest BCUT2D eigenvalue weighted by molar-refractivity contribution is 0.849.